The number of fused-ring (bicyclic) bond motifs is 2. The molecule has 1 unspecified atom stereocenters. The highest BCUT2D eigenvalue weighted by Gasteiger charge is 2.52. The number of carbonyl (C=O) groups is 2. The van der Waals surface area contributed by atoms with Crippen LogP contribution < -0.4 is 10.5 Å². The van der Waals surface area contributed by atoms with E-state index in [0.29, 0.717) is 25.2 Å². The summed E-state index contributed by atoms with van der Waals surface area (Å²) in [5.74, 6) is -0.142. The topological polar surface area (TPSA) is 62.6 Å². The van der Waals surface area contributed by atoms with Crippen LogP contribution in [0.2, 0.25) is 0 Å². The highest BCUT2D eigenvalue weighted by molar-refractivity contribution is 6.08. The van der Waals surface area contributed by atoms with E-state index in [4.69, 9.17) is 0 Å². The van der Waals surface area contributed by atoms with E-state index in [9.17, 15) is 14.4 Å². The number of para-hydroxylation sites is 1. The van der Waals surface area contributed by atoms with Crippen LogP contribution in [0.4, 0.5) is 5.69 Å². The summed E-state index contributed by atoms with van der Waals surface area (Å²) >= 11 is 0. The summed E-state index contributed by atoms with van der Waals surface area (Å²) in [6.07, 6.45) is 3.14. The molecule has 3 heterocycles. The largest absolute Gasteiger partial charge is 0.337 e. The standard InChI is InChI=1S/C21H23N3O3/c1-3-23-12-9-15(13-18(23)25)19(26)24-11-6-10-21(14-24)16-7-4-5-8-17(16)22(2)20(21)27/h4-5,7-9,12-13H,3,6,10-11,14H2,1-2H3. The fourth-order valence-corrected chi connectivity index (χ4v) is 4.42. The summed E-state index contributed by atoms with van der Waals surface area (Å²) in [6.45, 7) is 3.40. The van der Waals surface area contributed by atoms with Gasteiger partial charge in [-0.15, -0.1) is 0 Å². The van der Waals surface area contributed by atoms with Crippen LogP contribution in [0.3, 0.4) is 0 Å². The molecule has 0 N–H and O–H groups in total. The molecule has 1 saturated heterocycles. The quantitative estimate of drug-likeness (QED) is 0.818. The minimum absolute atomic E-state index is 0.0441. The van der Waals surface area contributed by atoms with Crippen molar-refractivity contribution in [1.29, 1.82) is 0 Å². The number of likely N-dealkylation sites (N-methyl/N-ethyl adjacent to an activating group) is 1. The van der Waals surface area contributed by atoms with E-state index in [2.05, 4.69) is 0 Å². The van der Waals surface area contributed by atoms with Gasteiger partial charge in [0.2, 0.25) is 5.91 Å². The summed E-state index contributed by atoms with van der Waals surface area (Å²) < 4.78 is 1.56. The van der Waals surface area contributed by atoms with Crippen LogP contribution in [0.1, 0.15) is 35.7 Å². The van der Waals surface area contributed by atoms with Crippen molar-refractivity contribution < 1.29 is 9.59 Å². The molecule has 1 spiro atoms. The summed E-state index contributed by atoms with van der Waals surface area (Å²) in [6, 6.07) is 10.9. The lowest BCUT2D eigenvalue weighted by Crippen LogP contribution is -2.53. The van der Waals surface area contributed by atoms with Crippen molar-refractivity contribution in [2.75, 3.05) is 25.0 Å². The van der Waals surface area contributed by atoms with E-state index in [1.807, 2.05) is 31.2 Å². The monoisotopic (exact) mass is 365 g/mol. The van der Waals surface area contributed by atoms with Crippen LogP contribution >= 0.6 is 0 Å². The first-order valence-electron chi connectivity index (χ1n) is 9.35. The predicted octanol–water partition coefficient (Wildman–Crippen LogP) is 2.02. The van der Waals surface area contributed by atoms with Crippen LogP contribution in [0.25, 0.3) is 0 Å². The Morgan fingerprint density at radius 3 is 2.70 bits per heavy atom. The Bertz CT molecular complexity index is 981. The highest BCUT2D eigenvalue weighted by atomic mass is 16.2. The summed E-state index contributed by atoms with van der Waals surface area (Å²) in [7, 11) is 1.79. The van der Waals surface area contributed by atoms with Gasteiger partial charge in [-0.05, 0) is 37.5 Å². The smallest absolute Gasteiger partial charge is 0.254 e. The number of nitrogens with zero attached hydrogens (tertiary/aromatic N) is 3. The Morgan fingerprint density at radius 2 is 1.96 bits per heavy atom. The van der Waals surface area contributed by atoms with E-state index >= 15 is 0 Å². The molecule has 2 aromatic rings. The summed E-state index contributed by atoms with van der Waals surface area (Å²) in [5.41, 5.74) is 1.43. The highest BCUT2D eigenvalue weighted by Crippen LogP contribution is 2.46. The number of hydrogen-bond donors (Lipinski definition) is 0. The van der Waals surface area contributed by atoms with Crippen LogP contribution in [-0.2, 0) is 16.8 Å². The molecule has 2 aliphatic heterocycles. The van der Waals surface area contributed by atoms with Crippen molar-refractivity contribution in [3.05, 3.63) is 64.1 Å². The molecule has 6 nitrogen and oxygen atoms in total. The second-order valence-corrected chi connectivity index (χ2v) is 7.33. The predicted molar refractivity (Wildman–Crippen MR) is 103 cm³/mol. The molecule has 2 amide bonds. The lowest BCUT2D eigenvalue weighted by Gasteiger charge is -2.39. The number of piperidine rings is 1. The molecule has 1 aromatic heterocycles. The number of pyridine rings is 1. The Kier molecular flexibility index (Phi) is 4.13. The molecule has 0 radical (unpaired) electrons. The van der Waals surface area contributed by atoms with Crippen molar-refractivity contribution in [2.45, 2.75) is 31.7 Å². The van der Waals surface area contributed by atoms with Crippen LogP contribution in [-0.4, -0.2) is 41.4 Å². The number of amides is 2. The van der Waals surface area contributed by atoms with Crippen molar-refractivity contribution >= 4 is 17.5 Å². The van der Waals surface area contributed by atoms with E-state index in [1.165, 1.54) is 6.07 Å². The molecule has 27 heavy (non-hydrogen) atoms. The van der Waals surface area contributed by atoms with Gasteiger partial charge >= 0.3 is 0 Å². The summed E-state index contributed by atoms with van der Waals surface area (Å²) in [5, 5.41) is 0. The minimum Gasteiger partial charge on any atom is -0.337 e. The number of carbonyl (C=O) groups excluding carboxylic acids is 2. The van der Waals surface area contributed by atoms with Crippen molar-refractivity contribution in [1.82, 2.24) is 9.47 Å². The Balaban J connectivity index is 1.68. The number of aromatic nitrogens is 1. The van der Waals surface area contributed by atoms with Gasteiger partial charge in [-0.2, -0.15) is 0 Å². The number of rotatable bonds is 2. The third-order valence-electron chi connectivity index (χ3n) is 5.86. The molecule has 1 fully saturated rings. The second-order valence-electron chi connectivity index (χ2n) is 7.33. The minimum atomic E-state index is -0.683. The Labute approximate surface area is 158 Å². The molecule has 1 atom stereocenters. The maximum absolute atomic E-state index is 13.1. The van der Waals surface area contributed by atoms with Crippen LogP contribution in [0.5, 0.6) is 0 Å². The van der Waals surface area contributed by atoms with Crippen LogP contribution in [0, 0.1) is 0 Å². The van der Waals surface area contributed by atoms with Crippen molar-refractivity contribution in [3.63, 3.8) is 0 Å². The number of hydrogen-bond acceptors (Lipinski definition) is 3. The third kappa shape index (κ3) is 2.59. The van der Waals surface area contributed by atoms with Gasteiger partial charge in [0.05, 0.1) is 5.41 Å². The fourth-order valence-electron chi connectivity index (χ4n) is 4.42. The lowest BCUT2D eigenvalue weighted by atomic mass is 9.75. The van der Waals surface area contributed by atoms with Gasteiger partial charge in [-0.1, -0.05) is 18.2 Å². The van der Waals surface area contributed by atoms with Gasteiger partial charge in [0.1, 0.15) is 0 Å². The van der Waals surface area contributed by atoms with Gasteiger partial charge in [-0.25, -0.2) is 0 Å². The number of anilines is 1. The normalized spacial score (nSPS) is 21.6. The number of aryl methyl sites for hydroxylation is 1. The van der Waals surface area contributed by atoms with Crippen molar-refractivity contribution in [3.8, 4) is 0 Å². The lowest BCUT2D eigenvalue weighted by molar-refractivity contribution is -0.124. The number of benzene rings is 1. The fraction of sp³-hybridized carbons (Fsp3) is 0.381. The molecule has 0 saturated carbocycles. The van der Waals surface area contributed by atoms with E-state index in [-0.39, 0.29) is 17.4 Å². The SMILES string of the molecule is CCn1ccc(C(=O)N2CCCC3(C2)C(=O)N(C)c2ccccc23)cc1=O. The van der Waals surface area contributed by atoms with Crippen molar-refractivity contribution in [2.24, 2.45) is 0 Å². The van der Waals surface area contributed by atoms with E-state index in [1.54, 1.807) is 33.7 Å². The zero-order chi connectivity index (χ0) is 19.2. The zero-order valence-electron chi connectivity index (χ0n) is 15.6. The van der Waals surface area contributed by atoms with Gasteiger partial charge in [0.15, 0.2) is 0 Å². The molecular weight excluding hydrogens is 342 g/mol. The molecule has 0 bridgehead atoms. The Morgan fingerprint density at radius 1 is 1.19 bits per heavy atom. The molecular formula is C21H23N3O3. The molecule has 140 valence electrons. The molecule has 6 heteroatoms. The zero-order valence-corrected chi connectivity index (χ0v) is 15.6. The first-order chi connectivity index (χ1) is 13.0. The third-order valence-corrected chi connectivity index (χ3v) is 5.86. The molecule has 4 rings (SSSR count). The van der Waals surface area contributed by atoms with E-state index < -0.39 is 5.41 Å². The maximum Gasteiger partial charge on any atom is 0.254 e. The molecule has 0 aliphatic carbocycles. The average molecular weight is 365 g/mol. The first kappa shape index (κ1) is 17.5. The van der Waals surface area contributed by atoms with Gasteiger partial charge in [0.25, 0.3) is 11.5 Å². The van der Waals surface area contributed by atoms with Gasteiger partial charge < -0.3 is 14.4 Å². The van der Waals surface area contributed by atoms with Gasteiger partial charge in [0, 0.05) is 50.2 Å². The van der Waals surface area contributed by atoms with Gasteiger partial charge in [-0.3, -0.25) is 14.4 Å². The molecule has 1 aromatic carbocycles. The summed E-state index contributed by atoms with van der Waals surface area (Å²) in [4.78, 5) is 41.7. The Hall–Kier alpha value is -2.89. The van der Waals surface area contributed by atoms with Crippen LogP contribution in [0.15, 0.2) is 47.4 Å². The second kappa shape index (κ2) is 6.37. The average Bonchev–Trinajstić information content (AvgIpc) is 2.90. The number of likely N-dealkylation sites (tertiary alicyclic amines) is 1. The molecule has 2 aliphatic rings. The van der Waals surface area contributed by atoms with E-state index in [0.717, 1.165) is 24.1 Å². The first-order valence-corrected chi connectivity index (χ1v) is 9.35. The maximum atomic E-state index is 13.1.